The summed E-state index contributed by atoms with van der Waals surface area (Å²) in [6.45, 7) is 1.88. The molecule has 2 aromatic heterocycles. The average Bonchev–Trinajstić information content (AvgIpc) is 3.20. The second-order valence-corrected chi connectivity index (χ2v) is 7.93. The summed E-state index contributed by atoms with van der Waals surface area (Å²) in [6.07, 6.45) is -2.50. The highest BCUT2D eigenvalue weighted by molar-refractivity contribution is 7.13. The molecule has 0 aliphatic carbocycles. The third-order valence-corrected chi connectivity index (χ3v) is 5.76. The first-order chi connectivity index (χ1) is 14.9. The number of pyridine rings is 1. The van der Waals surface area contributed by atoms with E-state index >= 15 is 0 Å². The van der Waals surface area contributed by atoms with Crippen molar-refractivity contribution in [1.82, 2.24) is 14.9 Å². The molecule has 1 amide bonds. The van der Waals surface area contributed by atoms with Crippen LogP contribution in [0.15, 0.2) is 54.0 Å². The molecule has 3 aromatic rings. The molecule has 1 aliphatic rings. The number of benzene rings is 1. The third kappa shape index (κ3) is 5.32. The molecular weight excluding hydrogens is 427 g/mol. The van der Waals surface area contributed by atoms with Gasteiger partial charge in [0, 0.05) is 43.4 Å². The Labute approximate surface area is 181 Å². The number of nitrogens with one attached hydrogen (secondary N) is 1. The zero-order chi connectivity index (χ0) is 21.8. The van der Waals surface area contributed by atoms with E-state index in [0.29, 0.717) is 48.5 Å². The molecule has 4 rings (SSSR count). The summed E-state index contributed by atoms with van der Waals surface area (Å²) in [5.74, 6) is 0.638. The maximum atomic E-state index is 12.9. The van der Waals surface area contributed by atoms with E-state index in [-0.39, 0.29) is 12.3 Å². The van der Waals surface area contributed by atoms with Gasteiger partial charge in [-0.15, -0.1) is 11.3 Å². The molecule has 1 fully saturated rings. The van der Waals surface area contributed by atoms with Crippen molar-refractivity contribution in [1.29, 1.82) is 0 Å². The lowest BCUT2D eigenvalue weighted by Crippen LogP contribution is -2.49. The fourth-order valence-corrected chi connectivity index (χ4v) is 4.07. The minimum Gasteiger partial charge on any atom is -0.368 e. The molecular formula is C21H20F3N5OS. The monoisotopic (exact) mass is 447 g/mol. The van der Waals surface area contributed by atoms with E-state index in [1.807, 2.05) is 28.5 Å². The number of alkyl halides is 3. The van der Waals surface area contributed by atoms with Crippen molar-refractivity contribution < 1.29 is 18.0 Å². The lowest BCUT2D eigenvalue weighted by molar-refractivity contribution is -0.137. The summed E-state index contributed by atoms with van der Waals surface area (Å²) in [6, 6.07) is 10.8. The molecule has 1 saturated heterocycles. The Morgan fingerprint density at radius 3 is 2.61 bits per heavy atom. The number of hydrogen-bond donors (Lipinski definition) is 1. The Bertz CT molecular complexity index is 1030. The molecule has 1 N–H and O–H groups in total. The molecule has 0 unspecified atom stereocenters. The van der Waals surface area contributed by atoms with Gasteiger partial charge in [0.1, 0.15) is 5.82 Å². The van der Waals surface area contributed by atoms with Crippen LogP contribution in [0, 0.1) is 0 Å². The van der Waals surface area contributed by atoms with Gasteiger partial charge in [-0.05, 0) is 30.3 Å². The van der Waals surface area contributed by atoms with Crippen LogP contribution in [0.5, 0.6) is 0 Å². The lowest BCUT2D eigenvalue weighted by atomic mass is 10.1. The van der Waals surface area contributed by atoms with Crippen LogP contribution in [0.4, 0.5) is 29.8 Å². The molecule has 0 atom stereocenters. The average molecular weight is 447 g/mol. The summed E-state index contributed by atoms with van der Waals surface area (Å²) >= 11 is 1.40. The van der Waals surface area contributed by atoms with Crippen molar-refractivity contribution >= 4 is 33.9 Å². The number of piperazine rings is 1. The van der Waals surface area contributed by atoms with Gasteiger partial charge in [0.05, 0.1) is 17.7 Å². The predicted molar refractivity (Wildman–Crippen MR) is 114 cm³/mol. The summed E-state index contributed by atoms with van der Waals surface area (Å²) in [5, 5.41) is 5.60. The van der Waals surface area contributed by atoms with Crippen LogP contribution in [0.1, 0.15) is 11.3 Å². The largest absolute Gasteiger partial charge is 0.416 e. The standard InChI is InChI=1S/C21H20F3N5OS/c22-21(23,24)15-4-3-5-17(12-15)28-8-10-29(11-9-28)19(30)13-16-14-31-20(26-16)27-18-6-1-2-7-25-18/h1-7,12,14H,8-11,13H2,(H,25,26,27). The number of anilines is 3. The van der Waals surface area contributed by atoms with Gasteiger partial charge in [-0.2, -0.15) is 13.2 Å². The van der Waals surface area contributed by atoms with Gasteiger partial charge in [0.25, 0.3) is 0 Å². The zero-order valence-electron chi connectivity index (χ0n) is 16.5. The summed E-state index contributed by atoms with van der Waals surface area (Å²) in [5.41, 5.74) is 0.530. The molecule has 0 radical (unpaired) electrons. The number of halogens is 3. The molecule has 6 nitrogen and oxygen atoms in total. The number of thiazole rings is 1. The summed E-state index contributed by atoms with van der Waals surface area (Å²) in [7, 11) is 0. The normalized spacial score (nSPS) is 14.5. The molecule has 10 heteroatoms. The Balaban J connectivity index is 1.31. The van der Waals surface area contributed by atoms with Gasteiger partial charge in [-0.25, -0.2) is 9.97 Å². The fraction of sp³-hybridized carbons (Fsp3) is 0.286. The quantitative estimate of drug-likeness (QED) is 0.636. The SMILES string of the molecule is O=C(Cc1csc(Nc2ccccn2)n1)N1CCN(c2cccc(C(F)(F)F)c2)CC1. The highest BCUT2D eigenvalue weighted by Crippen LogP contribution is 2.32. The minimum absolute atomic E-state index is 0.0432. The number of hydrogen-bond acceptors (Lipinski definition) is 6. The van der Waals surface area contributed by atoms with Crippen LogP contribution in [-0.2, 0) is 17.4 Å². The van der Waals surface area contributed by atoms with E-state index in [1.54, 1.807) is 17.2 Å². The van der Waals surface area contributed by atoms with E-state index in [1.165, 1.54) is 17.4 Å². The number of nitrogens with zero attached hydrogens (tertiary/aromatic N) is 4. The van der Waals surface area contributed by atoms with Crippen molar-refractivity contribution in [3.8, 4) is 0 Å². The van der Waals surface area contributed by atoms with Crippen LogP contribution >= 0.6 is 11.3 Å². The van der Waals surface area contributed by atoms with Gasteiger partial charge < -0.3 is 15.1 Å². The van der Waals surface area contributed by atoms with Gasteiger partial charge in [0.2, 0.25) is 5.91 Å². The van der Waals surface area contributed by atoms with Crippen LogP contribution < -0.4 is 10.2 Å². The number of rotatable bonds is 5. The topological polar surface area (TPSA) is 61.4 Å². The minimum atomic E-state index is -4.37. The van der Waals surface area contributed by atoms with Crippen molar-refractivity contribution in [3.63, 3.8) is 0 Å². The van der Waals surface area contributed by atoms with E-state index in [9.17, 15) is 18.0 Å². The lowest BCUT2D eigenvalue weighted by Gasteiger charge is -2.36. The summed E-state index contributed by atoms with van der Waals surface area (Å²) < 4.78 is 38.8. The zero-order valence-corrected chi connectivity index (χ0v) is 17.3. The molecule has 1 aromatic carbocycles. The van der Waals surface area contributed by atoms with Gasteiger partial charge >= 0.3 is 6.18 Å². The van der Waals surface area contributed by atoms with Gasteiger partial charge in [-0.1, -0.05) is 12.1 Å². The van der Waals surface area contributed by atoms with Gasteiger partial charge in [0.15, 0.2) is 5.13 Å². The summed E-state index contributed by atoms with van der Waals surface area (Å²) in [4.78, 5) is 24.9. The maximum Gasteiger partial charge on any atom is 0.416 e. The Morgan fingerprint density at radius 1 is 1.10 bits per heavy atom. The van der Waals surface area contributed by atoms with Crippen LogP contribution in [-0.4, -0.2) is 47.0 Å². The first kappa shape index (κ1) is 21.1. The van der Waals surface area contributed by atoms with E-state index in [2.05, 4.69) is 15.3 Å². The van der Waals surface area contributed by atoms with E-state index in [4.69, 9.17) is 0 Å². The number of carbonyl (C=O) groups is 1. The van der Waals surface area contributed by atoms with E-state index in [0.717, 1.165) is 12.1 Å². The van der Waals surface area contributed by atoms with Gasteiger partial charge in [-0.3, -0.25) is 4.79 Å². The van der Waals surface area contributed by atoms with E-state index < -0.39 is 11.7 Å². The van der Waals surface area contributed by atoms with Crippen LogP contribution in [0.3, 0.4) is 0 Å². The Kier molecular flexibility index (Phi) is 6.08. The Morgan fingerprint density at radius 2 is 1.90 bits per heavy atom. The highest BCUT2D eigenvalue weighted by Gasteiger charge is 2.31. The van der Waals surface area contributed by atoms with Crippen LogP contribution in [0.25, 0.3) is 0 Å². The second-order valence-electron chi connectivity index (χ2n) is 7.08. The van der Waals surface area contributed by atoms with Crippen LogP contribution in [0.2, 0.25) is 0 Å². The van der Waals surface area contributed by atoms with Crippen molar-refractivity contribution in [3.05, 3.63) is 65.3 Å². The second kappa shape index (κ2) is 8.93. The first-order valence-corrected chi connectivity index (χ1v) is 10.6. The fourth-order valence-electron chi connectivity index (χ4n) is 3.35. The molecule has 3 heterocycles. The molecule has 162 valence electrons. The van der Waals surface area contributed by atoms with Crippen molar-refractivity contribution in [2.24, 2.45) is 0 Å². The molecule has 0 bridgehead atoms. The van der Waals surface area contributed by atoms with Crippen molar-refractivity contribution in [2.75, 3.05) is 36.4 Å². The smallest absolute Gasteiger partial charge is 0.368 e. The molecule has 31 heavy (non-hydrogen) atoms. The first-order valence-electron chi connectivity index (χ1n) is 9.71. The highest BCUT2D eigenvalue weighted by atomic mass is 32.1. The third-order valence-electron chi connectivity index (χ3n) is 4.95. The predicted octanol–water partition coefficient (Wildman–Crippen LogP) is 4.19. The maximum absolute atomic E-state index is 12.9. The Hall–Kier alpha value is -3.14. The number of aromatic nitrogens is 2. The molecule has 1 aliphatic heterocycles. The molecule has 0 saturated carbocycles. The number of carbonyl (C=O) groups excluding carboxylic acids is 1. The molecule has 0 spiro atoms. The van der Waals surface area contributed by atoms with Crippen molar-refractivity contribution in [2.45, 2.75) is 12.6 Å². The number of amides is 1.